The average Bonchev–Trinajstić information content (AvgIpc) is 3.00. The lowest BCUT2D eigenvalue weighted by Crippen LogP contribution is -2.41. The molecule has 1 unspecified atom stereocenters. The number of hydrogen-bond acceptors (Lipinski definition) is 3. The molecule has 0 saturated heterocycles. The zero-order valence-corrected chi connectivity index (χ0v) is 14.6. The zero-order chi connectivity index (χ0) is 15.9. The van der Waals surface area contributed by atoms with E-state index >= 15 is 0 Å². The quantitative estimate of drug-likeness (QED) is 0.562. The van der Waals surface area contributed by atoms with Crippen molar-refractivity contribution in [2.24, 2.45) is 4.99 Å². The number of benzene rings is 1. The predicted octanol–water partition coefficient (Wildman–Crippen LogP) is 2.70. The van der Waals surface area contributed by atoms with E-state index < -0.39 is 0 Å². The lowest BCUT2D eigenvalue weighted by atomic mass is 10.2. The molecule has 3 N–H and O–H groups in total. The van der Waals surface area contributed by atoms with Crippen LogP contribution in [0, 0.1) is 0 Å². The fourth-order valence-corrected chi connectivity index (χ4v) is 2.06. The Morgan fingerprint density at radius 1 is 1.36 bits per heavy atom. The third-order valence-corrected chi connectivity index (χ3v) is 3.81. The normalized spacial score (nSPS) is 13.0. The molecule has 1 atom stereocenters. The third kappa shape index (κ3) is 4.56. The van der Waals surface area contributed by atoms with Crippen LogP contribution in [-0.4, -0.2) is 34.2 Å². The Bertz CT molecular complexity index is 619. The molecule has 0 aliphatic heterocycles. The molecule has 0 radical (unpaired) electrons. The highest BCUT2D eigenvalue weighted by molar-refractivity contribution is 9.10. The highest BCUT2D eigenvalue weighted by atomic mass is 79.9. The van der Waals surface area contributed by atoms with E-state index in [0.29, 0.717) is 18.4 Å². The van der Waals surface area contributed by atoms with Crippen LogP contribution in [0.4, 0.5) is 0 Å². The number of halogens is 1. The second-order valence-electron chi connectivity index (χ2n) is 4.99. The monoisotopic (exact) mass is 364 g/mol. The van der Waals surface area contributed by atoms with Gasteiger partial charge in [-0.3, -0.25) is 10.1 Å². The van der Waals surface area contributed by atoms with Crippen LogP contribution in [0.15, 0.2) is 33.7 Å². The summed E-state index contributed by atoms with van der Waals surface area (Å²) in [6.45, 7) is 4.79. The number of aliphatic imine (C=N–C) groups is 1. The Kier molecular flexibility index (Phi) is 5.94. The zero-order valence-electron chi connectivity index (χ0n) is 13.0. The maximum Gasteiger partial charge on any atom is 0.191 e. The first-order valence-corrected chi connectivity index (χ1v) is 8.06. The van der Waals surface area contributed by atoms with Crippen molar-refractivity contribution < 1.29 is 0 Å². The van der Waals surface area contributed by atoms with Crippen LogP contribution in [0.25, 0.3) is 11.4 Å². The van der Waals surface area contributed by atoms with E-state index in [0.717, 1.165) is 28.2 Å². The van der Waals surface area contributed by atoms with Crippen molar-refractivity contribution in [2.45, 2.75) is 32.9 Å². The molecule has 1 aromatic heterocycles. The maximum atomic E-state index is 4.49. The van der Waals surface area contributed by atoms with E-state index in [1.807, 2.05) is 24.3 Å². The molecule has 0 bridgehead atoms. The molecule has 0 saturated carbocycles. The summed E-state index contributed by atoms with van der Waals surface area (Å²) in [6, 6.07) is 8.28. The van der Waals surface area contributed by atoms with Gasteiger partial charge in [0.1, 0.15) is 5.82 Å². The Balaban J connectivity index is 1.96. The van der Waals surface area contributed by atoms with Gasteiger partial charge in [0.05, 0.1) is 6.54 Å². The molecule has 0 amide bonds. The van der Waals surface area contributed by atoms with Gasteiger partial charge in [0.25, 0.3) is 0 Å². The number of hydrogen-bond donors (Lipinski definition) is 3. The number of H-pyrrole nitrogens is 1. The molecule has 7 heteroatoms. The number of rotatable bonds is 5. The van der Waals surface area contributed by atoms with Crippen molar-refractivity contribution in [3.05, 3.63) is 34.6 Å². The standard InChI is InChI=1S/C15H21BrN6/c1-4-10(2)19-15(17-3)18-9-13-20-14(22-21-13)11-5-7-12(16)8-6-11/h5-8,10H,4,9H2,1-3H3,(H2,17,18,19)(H,20,21,22). The Hall–Kier alpha value is -1.89. The fraction of sp³-hybridized carbons (Fsp3) is 0.400. The van der Waals surface area contributed by atoms with Crippen molar-refractivity contribution in [3.8, 4) is 11.4 Å². The minimum Gasteiger partial charge on any atom is -0.354 e. The molecule has 118 valence electrons. The van der Waals surface area contributed by atoms with E-state index in [2.05, 4.69) is 60.6 Å². The molecule has 0 spiro atoms. The van der Waals surface area contributed by atoms with Crippen LogP contribution < -0.4 is 10.6 Å². The first-order chi connectivity index (χ1) is 10.6. The number of aromatic amines is 1. The summed E-state index contributed by atoms with van der Waals surface area (Å²) in [7, 11) is 1.76. The summed E-state index contributed by atoms with van der Waals surface area (Å²) >= 11 is 3.42. The number of guanidine groups is 1. The van der Waals surface area contributed by atoms with E-state index in [9.17, 15) is 0 Å². The SMILES string of the molecule is CCC(C)NC(=NC)NCc1nc(-c2ccc(Br)cc2)n[nH]1. The number of nitrogens with one attached hydrogen (secondary N) is 3. The van der Waals surface area contributed by atoms with Gasteiger partial charge < -0.3 is 10.6 Å². The first kappa shape index (κ1) is 16.5. The fourth-order valence-electron chi connectivity index (χ4n) is 1.80. The second kappa shape index (κ2) is 7.93. The van der Waals surface area contributed by atoms with Gasteiger partial charge in [0.15, 0.2) is 11.8 Å². The van der Waals surface area contributed by atoms with E-state index in [-0.39, 0.29) is 0 Å². The summed E-state index contributed by atoms with van der Waals surface area (Å²) in [4.78, 5) is 8.68. The van der Waals surface area contributed by atoms with Gasteiger partial charge in [-0.05, 0) is 25.5 Å². The smallest absolute Gasteiger partial charge is 0.191 e. The average molecular weight is 365 g/mol. The van der Waals surface area contributed by atoms with Crippen molar-refractivity contribution in [1.82, 2.24) is 25.8 Å². The van der Waals surface area contributed by atoms with Crippen molar-refractivity contribution in [3.63, 3.8) is 0 Å². The lowest BCUT2D eigenvalue weighted by molar-refractivity contribution is 0.622. The summed E-state index contributed by atoms with van der Waals surface area (Å²) in [5, 5.41) is 13.7. The van der Waals surface area contributed by atoms with Gasteiger partial charge in [-0.15, -0.1) is 0 Å². The molecule has 1 heterocycles. The predicted molar refractivity (Wildman–Crippen MR) is 92.6 cm³/mol. The number of nitrogens with zero attached hydrogens (tertiary/aromatic N) is 3. The summed E-state index contributed by atoms with van der Waals surface area (Å²) in [5.41, 5.74) is 0.979. The Morgan fingerprint density at radius 3 is 2.73 bits per heavy atom. The van der Waals surface area contributed by atoms with Crippen LogP contribution in [0.3, 0.4) is 0 Å². The topological polar surface area (TPSA) is 78.0 Å². The molecule has 22 heavy (non-hydrogen) atoms. The molecule has 2 rings (SSSR count). The molecule has 0 aliphatic carbocycles. The van der Waals surface area contributed by atoms with Gasteiger partial charge in [-0.2, -0.15) is 5.10 Å². The van der Waals surface area contributed by atoms with Gasteiger partial charge in [-0.1, -0.05) is 35.0 Å². The molecule has 0 fully saturated rings. The van der Waals surface area contributed by atoms with Crippen LogP contribution in [-0.2, 0) is 6.54 Å². The molecule has 0 aliphatic rings. The Morgan fingerprint density at radius 2 is 2.09 bits per heavy atom. The van der Waals surface area contributed by atoms with E-state index in [1.54, 1.807) is 7.05 Å². The highest BCUT2D eigenvalue weighted by Crippen LogP contribution is 2.18. The second-order valence-corrected chi connectivity index (χ2v) is 5.91. The first-order valence-electron chi connectivity index (χ1n) is 7.26. The largest absolute Gasteiger partial charge is 0.354 e. The highest BCUT2D eigenvalue weighted by Gasteiger charge is 2.07. The van der Waals surface area contributed by atoms with Crippen molar-refractivity contribution >= 4 is 21.9 Å². The van der Waals surface area contributed by atoms with Gasteiger partial charge in [0.2, 0.25) is 0 Å². The van der Waals surface area contributed by atoms with Crippen LogP contribution in [0.1, 0.15) is 26.1 Å². The van der Waals surface area contributed by atoms with Crippen LogP contribution in [0.5, 0.6) is 0 Å². The minimum absolute atomic E-state index is 0.374. The lowest BCUT2D eigenvalue weighted by Gasteiger charge is -2.15. The minimum atomic E-state index is 0.374. The van der Waals surface area contributed by atoms with Crippen molar-refractivity contribution in [1.29, 1.82) is 0 Å². The molecular weight excluding hydrogens is 344 g/mol. The van der Waals surface area contributed by atoms with Crippen molar-refractivity contribution in [2.75, 3.05) is 7.05 Å². The van der Waals surface area contributed by atoms with Gasteiger partial charge >= 0.3 is 0 Å². The number of aromatic nitrogens is 3. The summed E-state index contributed by atoms with van der Waals surface area (Å²) in [6.07, 6.45) is 1.04. The molecular formula is C15H21BrN6. The maximum absolute atomic E-state index is 4.49. The molecule has 6 nitrogen and oxygen atoms in total. The Labute approximate surface area is 139 Å². The van der Waals surface area contributed by atoms with E-state index in [1.165, 1.54) is 0 Å². The van der Waals surface area contributed by atoms with Gasteiger partial charge in [-0.25, -0.2) is 4.98 Å². The van der Waals surface area contributed by atoms with Crippen LogP contribution >= 0.6 is 15.9 Å². The molecule has 2 aromatic rings. The summed E-state index contributed by atoms with van der Waals surface area (Å²) < 4.78 is 1.04. The summed E-state index contributed by atoms with van der Waals surface area (Å²) in [5.74, 6) is 2.22. The van der Waals surface area contributed by atoms with Gasteiger partial charge in [0, 0.05) is 23.1 Å². The third-order valence-electron chi connectivity index (χ3n) is 3.28. The van der Waals surface area contributed by atoms with E-state index in [4.69, 9.17) is 0 Å². The van der Waals surface area contributed by atoms with Crippen LogP contribution in [0.2, 0.25) is 0 Å². The molecule has 1 aromatic carbocycles.